The summed E-state index contributed by atoms with van der Waals surface area (Å²) in [6.45, 7) is 0.513. The lowest BCUT2D eigenvalue weighted by atomic mass is 9.97. The van der Waals surface area contributed by atoms with Gasteiger partial charge in [-0.05, 0) is 53.1 Å². The Morgan fingerprint density at radius 2 is 0.979 bits per heavy atom. The normalized spacial score (nSPS) is 20.6. The minimum absolute atomic E-state index is 0.267. The summed E-state index contributed by atoms with van der Waals surface area (Å²) >= 11 is 0. The SMILES string of the molecule is O=C(Oc1ccc(OC2OC(CO)C(OCc3ccccc3)C(OCc3ccccc3)C2OCc2ccccc2)cc1)c1ccccc1. The van der Waals surface area contributed by atoms with Gasteiger partial charge in [-0.2, -0.15) is 0 Å². The zero-order chi connectivity index (χ0) is 33.0. The van der Waals surface area contributed by atoms with Crippen molar-refractivity contribution < 1.29 is 38.3 Å². The van der Waals surface area contributed by atoms with E-state index in [0.717, 1.165) is 16.7 Å². The van der Waals surface area contributed by atoms with Crippen LogP contribution in [0, 0.1) is 0 Å². The van der Waals surface area contributed by atoms with Crippen molar-refractivity contribution in [2.45, 2.75) is 50.5 Å². The average Bonchev–Trinajstić information content (AvgIpc) is 3.15. The van der Waals surface area contributed by atoms with Crippen LogP contribution in [0.5, 0.6) is 11.5 Å². The second kappa shape index (κ2) is 16.8. The lowest BCUT2D eigenvalue weighted by Crippen LogP contribution is -2.62. The third-order valence-electron chi connectivity index (χ3n) is 7.92. The van der Waals surface area contributed by atoms with Gasteiger partial charge in [-0.1, -0.05) is 109 Å². The summed E-state index contributed by atoms with van der Waals surface area (Å²) in [5, 5.41) is 10.5. The van der Waals surface area contributed by atoms with Gasteiger partial charge in [-0.25, -0.2) is 4.79 Å². The van der Waals surface area contributed by atoms with Crippen molar-refractivity contribution in [2.24, 2.45) is 0 Å². The van der Waals surface area contributed by atoms with E-state index in [9.17, 15) is 9.90 Å². The first kappa shape index (κ1) is 33.1. The van der Waals surface area contributed by atoms with Crippen LogP contribution in [0.1, 0.15) is 27.0 Å². The lowest BCUT2D eigenvalue weighted by molar-refractivity contribution is -0.308. The molecule has 1 aliphatic heterocycles. The van der Waals surface area contributed by atoms with Crippen LogP contribution < -0.4 is 9.47 Å². The van der Waals surface area contributed by atoms with Crippen LogP contribution >= 0.6 is 0 Å². The molecule has 0 amide bonds. The first-order chi connectivity index (χ1) is 23.7. The highest BCUT2D eigenvalue weighted by Gasteiger charge is 2.49. The Kier molecular flexibility index (Phi) is 11.6. The molecule has 1 N–H and O–H groups in total. The Morgan fingerprint density at radius 3 is 1.48 bits per heavy atom. The fraction of sp³-hybridized carbons (Fsp3) is 0.225. The highest BCUT2D eigenvalue weighted by molar-refractivity contribution is 5.90. The maximum Gasteiger partial charge on any atom is 0.343 e. The van der Waals surface area contributed by atoms with Gasteiger partial charge in [-0.3, -0.25) is 0 Å². The third kappa shape index (κ3) is 8.95. The minimum Gasteiger partial charge on any atom is -0.462 e. The molecule has 246 valence electrons. The van der Waals surface area contributed by atoms with Gasteiger partial charge < -0.3 is 33.5 Å². The lowest BCUT2D eigenvalue weighted by Gasteiger charge is -2.45. The smallest absolute Gasteiger partial charge is 0.343 e. The molecular formula is C40H38O8. The molecule has 0 bridgehead atoms. The molecule has 5 aromatic carbocycles. The standard InChI is InChI=1S/C40H38O8/c41-25-35-36(43-26-29-13-5-1-6-14-29)37(44-27-30-15-7-2-8-16-30)38(45-28-31-17-9-3-10-18-31)40(48-35)47-34-23-21-33(22-24-34)46-39(42)32-19-11-4-12-20-32/h1-24,35-38,40-41H,25-28H2. The molecule has 0 saturated carbocycles. The molecule has 0 aromatic heterocycles. The van der Waals surface area contributed by atoms with Crippen LogP contribution in [0.15, 0.2) is 146 Å². The number of aliphatic hydroxyl groups is 1. The van der Waals surface area contributed by atoms with Crippen LogP contribution in [0.4, 0.5) is 0 Å². The Balaban J connectivity index is 1.25. The van der Waals surface area contributed by atoms with Gasteiger partial charge >= 0.3 is 5.97 Å². The number of carbonyl (C=O) groups is 1. The molecule has 1 fully saturated rings. The summed E-state index contributed by atoms with van der Waals surface area (Å²) in [5.74, 6) is 0.360. The third-order valence-corrected chi connectivity index (χ3v) is 7.92. The van der Waals surface area contributed by atoms with Gasteiger partial charge in [0.15, 0.2) is 0 Å². The van der Waals surface area contributed by atoms with Crippen LogP contribution in [-0.2, 0) is 38.8 Å². The van der Waals surface area contributed by atoms with Crippen molar-refractivity contribution in [3.8, 4) is 11.5 Å². The molecule has 5 unspecified atom stereocenters. The molecule has 48 heavy (non-hydrogen) atoms. The van der Waals surface area contributed by atoms with Gasteiger partial charge in [0.05, 0.1) is 32.0 Å². The van der Waals surface area contributed by atoms with E-state index in [1.165, 1.54) is 0 Å². The van der Waals surface area contributed by atoms with Crippen LogP contribution in [0.2, 0.25) is 0 Å². The molecule has 0 spiro atoms. The minimum atomic E-state index is -0.971. The van der Waals surface area contributed by atoms with Crippen molar-refractivity contribution >= 4 is 5.97 Å². The molecule has 1 aliphatic rings. The molecule has 5 aromatic rings. The van der Waals surface area contributed by atoms with E-state index in [1.54, 1.807) is 48.5 Å². The summed E-state index contributed by atoms with van der Waals surface area (Å²) < 4.78 is 37.9. The molecule has 6 rings (SSSR count). The number of ether oxygens (including phenoxy) is 6. The predicted octanol–water partition coefficient (Wildman–Crippen LogP) is 6.76. The quantitative estimate of drug-likeness (QED) is 0.105. The highest BCUT2D eigenvalue weighted by atomic mass is 16.7. The summed E-state index contributed by atoms with van der Waals surface area (Å²) in [6, 6.07) is 44.9. The van der Waals surface area contributed by atoms with Crippen LogP contribution in [-0.4, -0.2) is 48.4 Å². The summed E-state index contributed by atoms with van der Waals surface area (Å²) in [5.41, 5.74) is 3.37. The van der Waals surface area contributed by atoms with Crippen molar-refractivity contribution in [2.75, 3.05) is 6.61 Å². The predicted molar refractivity (Wildman–Crippen MR) is 179 cm³/mol. The van der Waals surface area contributed by atoms with E-state index < -0.39 is 36.7 Å². The van der Waals surface area contributed by atoms with E-state index in [2.05, 4.69) is 0 Å². The van der Waals surface area contributed by atoms with Gasteiger partial charge in [0.2, 0.25) is 6.29 Å². The van der Waals surface area contributed by atoms with Crippen LogP contribution in [0.3, 0.4) is 0 Å². The zero-order valence-electron chi connectivity index (χ0n) is 26.4. The van der Waals surface area contributed by atoms with Crippen molar-refractivity contribution in [1.29, 1.82) is 0 Å². The molecule has 1 saturated heterocycles. The zero-order valence-corrected chi connectivity index (χ0v) is 26.4. The van der Waals surface area contributed by atoms with E-state index in [1.807, 2.05) is 97.1 Å². The van der Waals surface area contributed by atoms with Gasteiger partial charge in [0.1, 0.15) is 35.9 Å². The van der Waals surface area contributed by atoms with Crippen molar-refractivity contribution in [3.63, 3.8) is 0 Å². The Hall–Kier alpha value is -4.83. The van der Waals surface area contributed by atoms with Gasteiger partial charge in [-0.15, -0.1) is 0 Å². The summed E-state index contributed by atoms with van der Waals surface area (Å²) in [7, 11) is 0. The number of hydrogen-bond donors (Lipinski definition) is 1. The molecule has 8 heteroatoms. The topological polar surface area (TPSA) is 92.7 Å². The van der Waals surface area contributed by atoms with E-state index in [0.29, 0.717) is 17.1 Å². The molecule has 5 atom stereocenters. The molecule has 0 radical (unpaired) electrons. The Bertz CT molecular complexity index is 1670. The monoisotopic (exact) mass is 646 g/mol. The van der Waals surface area contributed by atoms with Gasteiger partial charge in [0, 0.05) is 0 Å². The van der Waals surface area contributed by atoms with Crippen molar-refractivity contribution in [1.82, 2.24) is 0 Å². The largest absolute Gasteiger partial charge is 0.462 e. The molecule has 8 nitrogen and oxygen atoms in total. The van der Waals surface area contributed by atoms with E-state index >= 15 is 0 Å². The number of hydrogen-bond acceptors (Lipinski definition) is 8. The first-order valence-corrected chi connectivity index (χ1v) is 15.9. The number of benzene rings is 5. The molecule has 1 heterocycles. The number of rotatable bonds is 14. The fourth-order valence-electron chi connectivity index (χ4n) is 5.45. The summed E-state index contributed by atoms with van der Waals surface area (Å²) in [6.07, 6.45) is -3.87. The van der Waals surface area contributed by atoms with Crippen molar-refractivity contribution in [3.05, 3.63) is 168 Å². The van der Waals surface area contributed by atoms with Gasteiger partial charge in [0.25, 0.3) is 0 Å². The molecular weight excluding hydrogens is 608 g/mol. The van der Waals surface area contributed by atoms with Crippen LogP contribution in [0.25, 0.3) is 0 Å². The Morgan fingerprint density at radius 1 is 0.542 bits per heavy atom. The highest BCUT2D eigenvalue weighted by Crippen LogP contribution is 2.32. The second-order valence-corrected chi connectivity index (χ2v) is 11.4. The average molecular weight is 647 g/mol. The number of esters is 1. The van der Waals surface area contributed by atoms with E-state index in [4.69, 9.17) is 28.4 Å². The number of aliphatic hydroxyl groups excluding tert-OH is 1. The maximum atomic E-state index is 12.6. The summed E-state index contributed by atoms with van der Waals surface area (Å²) in [4.78, 5) is 12.6. The molecule has 0 aliphatic carbocycles. The van der Waals surface area contributed by atoms with E-state index in [-0.39, 0.29) is 26.4 Å². The first-order valence-electron chi connectivity index (χ1n) is 15.9. The number of carbonyl (C=O) groups excluding carboxylic acids is 1. The fourth-order valence-corrected chi connectivity index (χ4v) is 5.45. The Labute approximate surface area is 280 Å². The second-order valence-electron chi connectivity index (χ2n) is 11.4. The maximum absolute atomic E-state index is 12.6.